The van der Waals surface area contributed by atoms with Crippen molar-refractivity contribution in [3.63, 3.8) is 0 Å². The maximum absolute atomic E-state index is 3.68. The minimum atomic E-state index is -2.23. The Morgan fingerprint density at radius 2 is 1.09 bits per heavy atom. The number of halogens is 3. The summed E-state index contributed by atoms with van der Waals surface area (Å²) in [6.45, 7) is 11.5. The Balaban J connectivity index is 0.00000153. The minimum Gasteiger partial charge on any atom is -1.00 e. The van der Waals surface area contributed by atoms with Crippen LogP contribution in [-0.2, 0) is 21.7 Å². The van der Waals surface area contributed by atoms with Gasteiger partial charge in [-0.2, -0.15) is 24.3 Å². The van der Waals surface area contributed by atoms with E-state index in [4.69, 9.17) is 0 Å². The molecule has 5 rings (SSSR count). The topological polar surface area (TPSA) is 0 Å². The van der Waals surface area contributed by atoms with Gasteiger partial charge in [-0.3, -0.25) is 0 Å². The van der Waals surface area contributed by atoms with E-state index in [0.29, 0.717) is 5.54 Å². The molecule has 178 valence electrons. The van der Waals surface area contributed by atoms with Gasteiger partial charge in [0.2, 0.25) is 0 Å². The molecule has 0 spiro atoms. The fourth-order valence-electron chi connectivity index (χ4n) is 5.72. The molecule has 0 N–H and O–H groups in total. The third kappa shape index (κ3) is 5.52. The fourth-order valence-corrected chi connectivity index (χ4v) is 10.5. The van der Waals surface area contributed by atoms with Crippen molar-refractivity contribution in [2.45, 2.75) is 39.8 Å². The molecule has 1 aliphatic carbocycles. The van der Waals surface area contributed by atoms with Crippen molar-refractivity contribution >= 4 is 18.4 Å². The van der Waals surface area contributed by atoms with E-state index in [2.05, 4.69) is 119 Å². The Morgan fingerprint density at radius 1 is 0.629 bits per heavy atom. The second-order valence-electron chi connectivity index (χ2n) is 9.47. The van der Waals surface area contributed by atoms with Gasteiger partial charge in [0.25, 0.3) is 0 Å². The van der Waals surface area contributed by atoms with Crippen molar-refractivity contribution in [1.82, 2.24) is 0 Å². The number of hydrogen-bond acceptors (Lipinski definition) is 0. The van der Waals surface area contributed by atoms with Gasteiger partial charge < -0.3 is 37.2 Å². The average Bonchev–Trinajstić information content (AvgIpc) is 3.07. The standard InChI is InChI=1S/C30H29Si.3ClH.Ti/c1-20-14-21(2)17-24(16-20)31(5,25-18-22(3)15-23(4)19-25)30-28-12-8-6-10-26(28)27-11-7-9-13-29(27)30;;;;/h6-12,14-19,30H,1-5H3;3*1H;/q-1;;;;+4/p-3. The van der Waals surface area contributed by atoms with Crippen LogP contribution in [0.3, 0.4) is 0 Å². The van der Waals surface area contributed by atoms with E-state index < -0.39 is 8.07 Å². The molecule has 1 unspecified atom stereocenters. The summed E-state index contributed by atoms with van der Waals surface area (Å²) < 4.78 is 0. The first kappa shape index (κ1) is 31.7. The molecule has 0 saturated heterocycles. The van der Waals surface area contributed by atoms with Crippen LogP contribution in [0.5, 0.6) is 0 Å². The summed E-state index contributed by atoms with van der Waals surface area (Å²) in [6.07, 6.45) is 0. The molecule has 1 aliphatic rings. The molecule has 0 heterocycles. The second kappa shape index (κ2) is 12.3. The summed E-state index contributed by atoms with van der Waals surface area (Å²) in [5, 5.41) is 3.03. The number of fused-ring (bicyclic) bond motifs is 3. The Hall–Kier alpha value is -1.32. The summed E-state index contributed by atoms with van der Waals surface area (Å²) in [5.74, 6) is 0. The Bertz CT molecular complexity index is 1180. The van der Waals surface area contributed by atoms with Crippen molar-refractivity contribution in [3.05, 3.63) is 118 Å². The van der Waals surface area contributed by atoms with Crippen molar-refractivity contribution in [1.29, 1.82) is 0 Å². The van der Waals surface area contributed by atoms with Gasteiger partial charge in [-0.25, -0.2) is 0 Å². The van der Waals surface area contributed by atoms with Gasteiger partial charge in [0, 0.05) is 0 Å². The van der Waals surface area contributed by atoms with Gasteiger partial charge >= 0.3 is 21.7 Å². The van der Waals surface area contributed by atoms with Crippen LogP contribution < -0.4 is 47.6 Å². The third-order valence-electron chi connectivity index (χ3n) is 6.96. The number of hydrogen-bond donors (Lipinski definition) is 0. The molecule has 5 heteroatoms. The maximum atomic E-state index is 3.68. The van der Waals surface area contributed by atoms with E-state index in [1.807, 2.05) is 0 Å². The maximum Gasteiger partial charge on any atom is 4.00 e. The zero-order valence-electron chi connectivity index (χ0n) is 20.7. The summed E-state index contributed by atoms with van der Waals surface area (Å²) in [5.41, 5.74) is 11.3. The first-order valence-electron chi connectivity index (χ1n) is 11.2. The minimum absolute atomic E-state index is 0. The summed E-state index contributed by atoms with van der Waals surface area (Å²) in [6, 6.07) is 33.6. The normalized spacial score (nSPS) is 13.2. The fraction of sp³-hybridized carbons (Fsp3) is 0.200. The molecule has 4 aromatic rings. The second-order valence-corrected chi connectivity index (χ2v) is 13.6. The zero-order chi connectivity index (χ0) is 21.8. The van der Waals surface area contributed by atoms with Crippen molar-refractivity contribution in [3.8, 4) is 11.1 Å². The van der Waals surface area contributed by atoms with E-state index in [0.717, 1.165) is 0 Å². The third-order valence-corrected chi connectivity index (χ3v) is 11.7. The molecule has 4 aromatic carbocycles. The van der Waals surface area contributed by atoms with Crippen LogP contribution in [0.4, 0.5) is 0 Å². The predicted molar refractivity (Wildman–Crippen MR) is 135 cm³/mol. The average molecular weight is 572 g/mol. The summed E-state index contributed by atoms with van der Waals surface area (Å²) >= 11 is 0. The number of rotatable bonds is 3. The molecule has 0 radical (unpaired) electrons. The van der Waals surface area contributed by atoms with Gasteiger partial charge in [-0.15, -0.1) is 11.1 Å². The largest absolute Gasteiger partial charge is 4.00 e. The molecule has 0 aromatic heterocycles. The molecule has 0 fully saturated rings. The van der Waals surface area contributed by atoms with Gasteiger partial charge in [-0.1, -0.05) is 105 Å². The molecular weight excluding hydrogens is 543 g/mol. The Kier molecular flexibility index (Phi) is 11.1. The van der Waals surface area contributed by atoms with Gasteiger partial charge in [0.05, 0.1) is 0 Å². The molecule has 1 atom stereocenters. The Morgan fingerprint density at radius 3 is 1.60 bits per heavy atom. The Labute approximate surface area is 245 Å². The van der Waals surface area contributed by atoms with E-state index in [1.54, 1.807) is 0 Å². The smallest absolute Gasteiger partial charge is 1.00 e. The number of aryl methyl sites for hydroxylation is 4. The first-order valence-corrected chi connectivity index (χ1v) is 13.7. The predicted octanol–water partition coefficient (Wildman–Crippen LogP) is -2.73. The zero-order valence-corrected chi connectivity index (χ0v) is 25.5. The SMILES string of the molecule is Cc1cc(C)cc([Si](C)(c2cc(C)cc(C)c2)C2c3[c-]cccc3-c3ccccc32)c1.[Cl-].[Cl-].[Cl-].[Ti+4]. The molecular formula is C30H29Cl3SiTi. The van der Waals surface area contributed by atoms with Gasteiger partial charge in [-0.05, 0) is 38.8 Å². The first-order chi connectivity index (χ1) is 14.9. The van der Waals surface area contributed by atoms with E-state index >= 15 is 0 Å². The molecule has 0 nitrogen and oxygen atoms in total. The van der Waals surface area contributed by atoms with Crippen LogP contribution in [-0.4, -0.2) is 8.07 Å². The molecule has 0 amide bonds. The van der Waals surface area contributed by atoms with Crippen molar-refractivity contribution < 1.29 is 58.9 Å². The van der Waals surface area contributed by atoms with E-state index in [1.165, 1.54) is 54.9 Å². The monoisotopic (exact) mass is 570 g/mol. The van der Waals surface area contributed by atoms with Crippen molar-refractivity contribution in [2.75, 3.05) is 0 Å². The van der Waals surface area contributed by atoms with Crippen molar-refractivity contribution in [2.24, 2.45) is 0 Å². The molecule has 35 heavy (non-hydrogen) atoms. The summed E-state index contributed by atoms with van der Waals surface area (Å²) in [4.78, 5) is 0. The van der Waals surface area contributed by atoms with Crippen LogP contribution in [0.15, 0.2) is 78.9 Å². The van der Waals surface area contributed by atoms with Crippen LogP contribution in [0.2, 0.25) is 6.55 Å². The van der Waals surface area contributed by atoms with E-state index in [9.17, 15) is 0 Å². The van der Waals surface area contributed by atoms with Crippen LogP contribution in [0.25, 0.3) is 11.1 Å². The molecule has 0 bridgehead atoms. The van der Waals surface area contributed by atoms with Crippen LogP contribution in [0, 0.1) is 33.8 Å². The van der Waals surface area contributed by atoms with Gasteiger partial charge in [0.15, 0.2) is 0 Å². The summed E-state index contributed by atoms with van der Waals surface area (Å²) in [7, 11) is -2.23. The molecule has 0 aliphatic heterocycles. The molecule has 0 saturated carbocycles. The van der Waals surface area contributed by atoms with Crippen LogP contribution >= 0.6 is 0 Å². The van der Waals surface area contributed by atoms with E-state index in [-0.39, 0.29) is 58.9 Å². The quantitative estimate of drug-likeness (QED) is 0.185. The van der Waals surface area contributed by atoms with Crippen LogP contribution in [0.1, 0.15) is 38.9 Å². The van der Waals surface area contributed by atoms with Gasteiger partial charge in [0.1, 0.15) is 8.07 Å². The number of benzene rings is 4.